The lowest BCUT2D eigenvalue weighted by molar-refractivity contribution is 0.816. The number of para-hydroxylation sites is 2. The van der Waals surface area contributed by atoms with Crippen LogP contribution in [-0.4, -0.2) is 26.6 Å². The van der Waals surface area contributed by atoms with Crippen LogP contribution in [0, 0.1) is 6.92 Å². The molecule has 0 unspecified atom stereocenters. The van der Waals surface area contributed by atoms with Gasteiger partial charge in [-0.3, -0.25) is 4.57 Å². The highest BCUT2D eigenvalue weighted by Gasteiger charge is 2.13. The predicted octanol–water partition coefficient (Wildman–Crippen LogP) is 3.12. The molecule has 0 aliphatic heterocycles. The average molecular weight is 281 g/mol. The van der Waals surface area contributed by atoms with Gasteiger partial charge in [0.05, 0.1) is 11.0 Å². The number of anilines is 1. The van der Waals surface area contributed by atoms with E-state index in [2.05, 4.69) is 28.3 Å². The maximum absolute atomic E-state index is 4.74. The van der Waals surface area contributed by atoms with Crippen LogP contribution in [0.25, 0.3) is 16.9 Å². The fourth-order valence-corrected chi connectivity index (χ4v) is 2.49. The molecule has 0 amide bonds. The van der Waals surface area contributed by atoms with Gasteiger partial charge in [0.15, 0.2) is 0 Å². The van der Waals surface area contributed by atoms with Gasteiger partial charge in [-0.15, -0.1) is 0 Å². The lowest BCUT2D eigenvalue weighted by atomic mass is 10.2. The largest absolute Gasteiger partial charge is 0.373 e. The Morgan fingerprint density at radius 3 is 2.76 bits per heavy atom. The Labute approximate surface area is 124 Å². The van der Waals surface area contributed by atoms with Crippen LogP contribution in [0.3, 0.4) is 0 Å². The summed E-state index contributed by atoms with van der Waals surface area (Å²) in [6.07, 6.45) is 3.72. The van der Waals surface area contributed by atoms with E-state index in [1.807, 2.05) is 43.1 Å². The van der Waals surface area contributed by atoms with Crippen molar-refractivity contribution in [1.82, 2.24) is 19.5 Å². The lowest BCUT2D eigenvalue weighted by Gasteiger charge is -2.13. The molecule has 0 aliphatic carbocycles. The van der Waals surface area contributed by atoms with Gasteiger partial charge in [0, 0.05) is 19.0 Å². The summed E-state index contributed by atoms with van der Waals surface area (Å²) in [4.78, 5) is 13.8. The van der Waals surface area contributed by atoms with Crippen molar-refractivity contribution in [3.63, 3.8) is 0 Å². The zero-order valence-electron chi connectivity index (χ0n) is 12.6. The van der Waals surface area contributed by atoms with Gasteiger partial charge in [-0.1, -0.05) is 19.1 Å². The molecule has 1 N–H and O–H groups in total. The Kier molecular flexibility index (Phi) is 3.56. The fourth-order valence-electron chi connectivity index (χ4n) is 2.49. The van der Waals surface area contributed by atoms with Gasteiger partial charge in [-0.05, 0) is 25.5 Å². The number of imidazole rings is 1. The predicted molar refractivity (Wildman–Crippen MR) is 84.9 cm³/mol. The van der Waals surface area contributed by atoms with Crippen LogP contribution < -0.4 is 5.32 Å². The smallest absolute Gasteiger partial charge is 0.147 e. The van der Waals surface area contributed by atoms with E-state index in [-0.39, 0.29) is 0 Å². The van der Waals surface area contributed by atoms with Crippen LogP contribution in [0.1, 0.15) is 24.7 Å². The number of aromatic nitrogens is 4. The molecule has 2 aromatic heterocycles. The summed E-state index contributed by atoms with van der Waals surface area (Å²) in [5.41, 5.74) is 3.06. The van der Waals surface area contributed by atoms with Crippen molar-refractivity contribution in [1.29, 1.82) is 0 Å². The van der Waals surface area contributed by atoms with Crippen molar-refractivity contribution in [2.45, 2.75) is 26.7 Å². The quantitative estimate of drug-likeness (QED) is 0.798. The molecule has 21 heavy (non-hydrogen) atoms. The van der Waals surface area contributed by atoms with Crippen LogP contribution in [0.5, 0.6) is 0 Å². The van der Waals surface area contributed by atoms with Crippen molar-refractivity contribution in [3.8, 4) is 5.82 Å². The zero-order chi connectivity index (χ0) is 14.8. The number of fused-ring (bicyclic) bond motifs is 1. The molecular formula is C16H19N5. The topological polar surface area (TPSA) is 55.6 Å². The van der Waals surface area contributed by atoms with E-state index in [4.69, 9.17) is 4.98 Å². The SMILES string of the molecule is CCCc1nc(NC)c(C)c(-n2cnc3ccccc32)n1. The molecule has 0 saturated heterocycles. The summed E-state index contributed by atoms with van der Waals surface area (Å²) in [6, 6.07) is 8.08. The lowest BCUT2D eigenvalue weighted by Crippen LogP contribution is -2.09. The molecule has 0 bridgehead atoms. The number of hydrogen-bond acceptors (Lipinski definition) is 4. The molecule has 3 aromatic rings. The van der Waals surface area contributed by atoms with E-state index in [1.54, 1.807) is 0 Å². The van der Waals surface area contributed by atoms with Gasteiger partial charge in [-0.25, -0.2) is 15.0 Å². The zero-order valence-corrected chi connectivity index (χ0v) is 12.6. The monoisotopic (exact) mass is 281 g/mol. The molecular weight excluding hydrogens is 262 g/mol. The van der Waals surface area contributed by atoms with Crippen molar-refractivity contribution in [3.05, 3.63) is 42.0 Å². The Morgan fingerprint density at radius 2 is 2.00 bits per heavy atom. The van der Waals surface area contributed by atoms with E-state index < -0.39 is 0 Å². The third-order valence-corrected chi connectivity index (χ3v) is 3.56. The number of rotatable bonds is 4. The molecule has 2 heterocycles. The van der Waals surface area contributed by atoms with Crippen molar-refractivity contribution in [2.24, 2.45) is 0 Å². The van der Waals surface area contributed by atoms with Crippen LogP contribution in [0.15, 0.2) is 30.6 Å². The molecule has 0 aliphatic rings. The van der Waals surface area contributed by atoms with Gasteiger partial charge in [-0.2, -0.15) is 0 Å². The highest BCUT2D eigenvalue weighted by atomic mass is 15.1. The summed E-state index contributed by atoms with van der Waals surface area (Å²) < 4.78 is 2.03. The van der Waals surface area contributed by atoms with Crippen molar-refractivity contribution < 1.29 is 0 Å². The molecule has 108 valence electrons. The van der Waals surface area contributed by atoms with Crippen molar-refractivity contribution in [2.75, 3.05) is 12.4 Å². The van der Waals surface area contributed by atoms with E-state index >= 15 is 0 Å². The summed E-state index contributed by atoms with van der Waals surface area (Å²) in [5.74, 6) is 2.63. The fraction of sp³-hybridized carbons (Fsp3) is 0.312. The van der Waals surface area contributed by atoms with E-state index in [1.165, 1.54) is 0 Å². The van der Waals surface area contributed by atoms with Gasteiger partial charge >= 0.3 is 0 Å². The molecule has 0 radical (unpaired) electrons. The van der Waals surface area contributed by atoms with Crippen molar-refractivity contribution >= 4 is 16.9 Å². The second kappa shape index (κ2) is 5.52. The first kappa shape index (κ1) is 13.5. The Balaban J connectivity index is 2.23. The summed E-state index contributed by atoms with van der Waals surface area (Å²) in [7, 11) is 1.89. The Morgan fingerprint density at radius 1 is 1.19 bits per heavy atom. The number of hydrogen-bond donors (Lipinski definition) is 1. The molecule has 0 spiro atoms. The first-order chi connectivity index (χ1) is 10.2. The van der Waals surface area contributed by atoms with E-state index in [0.29, 0.717) is 0 Å². The van der Waals surface area contributed by atoms with Gasteiger partial charge in [0.25, 0.3) is 0 Å². The minimum absolute atomic E-state index is 0.861. The Bertz CT molecular complexity index is 775. The highest BCUT2D eigenvalue weighted by molar-refractivity contribution is 5.77. The molecule has 5 heteroatoms. The summed E-state index contributed by atoms with van der Waals surface area (Å²) in [6.45, 7) is 4.17. The third kappa shape index (κ3) is 2.35. The minimum atomic E-state index is 0.861. The van der Waals surface area contributed by atoms with Crippen LogP contribution in [-0.2, 0) is 6.42 Å². The molecule has 0 fully saturated rings. The van der Waals surface area contributed by atoms with E-state index in [0.717, 1.165) is 46.9 Å². The number of aryl methyl sites for hydroxylation is 1. The maximum atomic E-state index is 4.74. The standard InChI is InChI=1S/C16H19N5/c1-4-7-14-19-15(17-3)11(2)16(20-14)21-10-18-12-8-5-6-9-13(12)21/h5-6,8-10H,4,7H2,1-3H3,(H,17,19,20). The van der Waals surface area contributed by atoms with Crippen LogP contribution >= 0.6 is 0 Å². The summed E-state index contributed by atoms with van der Waals surface area (Å²) >= 11 is 0. The van der Waals surface area contributed by atoms with E-state index in [9.17, 15) is 0 Å². The van der Waals surface area contributed by atoms with Crippen LogP contribution in [0.2, 0.25) is 0 Å². The highest BCUT2D eigenvalue weighted by Crippen LogP contribution is 2.23. The number of benzene rings is 1. The molecule has 0 atom stereocenters. The number of nitrogens with one attached hydrogen (secondary N) is 1. The molecule has 0 saturated carbocycles. The molecule has 3 rings (SSSR count). The second-order valence-corrected chi connectivity index (χ2v) is 5.04. The molecule has 1 aromatic carbocycles. The minimum Gasteiger partial charge on any atom is -0.373 e. The maximum Gasteiger partial charge on any atom is 0.147 e. The van der Waals surface area contributed by atoms with Crippen LogP contribution in [0.4, 0.5) is 5.82 Å². The second-order valence-electron chi connectivity index (χ2n) is 5.04. The first-order valence-corrected chi connectivity index (χ1v) is 7.22. The first-order valence-electron chi connectivity index (χ1n) is 7.22. The third-order valence-electron chi connectivity index (χ3n) is 3.56. The average Bonchev–Trinajstić information content (AvgIpc) is 2.93. The van der Waals surface area contributed by atoms with Gasteiger partial charge in [0.2, 0.25) is 0 Å². The van der Waals surface area contributed by atoms with Gasteiger partial charge in [0.1, 0.15) is 23.8 Å². The molecule has 5 nitrogen and oxygen atoms in total. The van der Waals surface area contributed by atoms with Gasteiger partial charge < -0.3 is 5.32 Å². The normalized spacial score (nSPS) is 11.0. The number of nitrogens with zero attached hydrogens (tertiary/aromatic N) is 4. The summed E-state index contributed by atoms with van der Waals surface area (Å²) in [5, 5.41) is 3.16. The Hall–Kier alpha value is -2.43.